The van der Waals surface area contributed by atoms with Gasteiger partial charge in [-0.3, -0.25) is 9.78 Å². The Balaban J connectivity index is 2.06. The number of amides is 1. The largest absolute Gasteiger partial charge is 0.370 e. The number of nitrogens with zero attached hydrogens (tertiary/aromatic N) is 1. The molecular weight excluding hydrogens is 296 g/mol. The first-order valence-corrected chi connectivity index (χ1v) is 8.02. The first-order valence-electron chi connectivity index (χ1n) is 8.02. The van der Waals surface area contributed by atoms with Crippen LogP contribution < -0.4 is 5.73 Å². The van der Waals surface area contributed by atoms with Gasteiger partial charge in [0.2, 0.25) is 5.91 Å². The normalized spacial score (nSPS) is 10.5. The van der Waals surface area contributed by atoms with Gasteiger partial charge in [-0.2, -0.15) is 0 Å². The molecule has 1 heterocycles. The Morgan fingerprint density at radius 1 is 1.00 bits per heavy atom. The molecule has 24 heavy (non-hydrogen) atoms. The van der Waals surface area contributed by atoms with Gasteiger partial charge in [-0.25, -0.2) is 0 Å². The molecule has 0 saturated carbocycles. The van der Waals surface area contributed by atoms with Crippen LogP contribution in [0.15, 0.2) is 67.0 Å². The molecule has 0 aliphatic rings. The smallest absolute Gasteiger partial charge is 0.217 e. The summed E-state index contributed by atoms with van der Waals surface area (Å²) in [6.07, 6.45) is 4.58. The van der Waals surface area contributed by atoms with E-state index in [2.05, 4.69) is 54.4 Å². The van der Waals surface area contributed by atoms with Gasteiger partial charge < -0.3 is 5.73 Å². The van der Waals surface area contributed by atoms with Crippen LogP contribution in [0.1, 0.15) is 17.5 Å². The van der Waals surface area contributed by atoms with Crippen LogP contribution in [0, 0.1) is 6.92 Å². The number of hydrogen-bond acceptors (Lipinski definition) is 2. The molecule has 3 nitrogen and oxygen atoms in total. The van der Waals surface area contributed by atoms with E-state index in [1.165, 1.54) is 5.56 Å². The van der Waals surface area contributed by atoms with Gasteiger partial charge in [0, 0.05) is 18.8 Å². The van der Waals surface area contributed by atoms with E-state index >= 15 is 0 Å². The SMILES string of the molecule is Cc1cccc(-c2ccc(-c3cccnc3)cc2CCC(N)=O)c1. The quantitative estimate of drug-likeness (QED) is 0.769. The minimum Gasteiger partial charge on any atom is -0.370 e. The maximum Gasteiger partial charge on any atom is 0.217 e. The van der Waals surface area contributed by atoms with Crippen molar-refractivity contribution in [2.45, 2.75) is 19.8 Å². The second-order valence-corrected chi connectivity index (χ2v) is 5.95. The summed E-state index contributed by atoms with van der Waals surface area (Å²) in [4.78, 5) is 15.4. The third-order valence-corrected chi connectivity index (χ3v) is 4.07. The molecule has 1 aromatic heterocycles. The van der Waals surface area contributed by atoms with Crippen LogP contribution in [0.5, 0.6) is 0 Å². The van der Waals surface area contributed by atoms with E-state index in [0.29, 0.717) is 12.8 Å². The molecule has 0 radical (unpaired) electrons. The van der Waals surface area contributed by atoms with Crippen LogP contribution in [-0.4, -0.2) is 10.9 Å². The van der Waals surface area contributed by atoms with Gasteiger partial charge in [-0.15, -0.1) is 0 Å². The number of nitrogens with two attached hydrogens (primary N) is 1. The zero-order valence-corrected chi connectivity index (χ0v) is 13.7. The van der Waals surface area contributed by atoms with Gasteiger partial charge in [-0.1, -0.05) is 54.1 Å². The Bertz CT molecular complexity index is 857. The fourth-order valence-corrected chi connectivity index (χ4v) is 2.87. The lowest BCUT2D eigenvalue weighted by atomic mass is 9.92. The Hall–Kier alpha value is -2.94. The number of primary amides is 1. The Morgan fingerprint density at radius 2 is 1.83 bits per heavy atom. The van der Waals surface area contributed by atoms with Crippen LogP contribution in [0.25, 0.3) is 22.3 Å². The third kappa shape index (κ3) is 3.69. The molecule has 120 valence electrons. The second-order valence-electron chi connectivity index (χ2n) is 5.95. The number of benzene rings is 2. The average molecular weight is 316 g/mol. The van der Waals surface area contributed by atoms with Crippen molar-refractivity contribution in [2.75, 3.05) is 0 Å². The molecule has 0 unspecified atom stereocenters. The number of carbonyl (C=O) groups excluding carboxylic acids is 1. The number of aromatic nitrogens is 1. The molecule has 0 fully saturated rings. The molecule has 0 atom stereocenters. The molecule has 0 aliphatic carbocycles. The predicted molar refractivity (Wildman–Crippen MR) is 97.4 cm³/mol. The molecular formula is C21H20N2O. The van der Waals surface area contributed by atoms with E-state index in [4.69, 9.17) is 5.73 Å². The van der Waals surface area contributed by atoms with Crippen molar-refractivity contribution in [3.8, 4) is 22.3 Å². The molecule has 0 spiro atoms. The summed E-state index contributed by atoms with van der Waals surface area (Å²) >= 11 is 0. The minimum absolute atomic E-state index is 0.281. The van der Waals surface area contributed by atoms with Crippen LogP contribution in [0.3, 0.4) is 0 Å². The van der Waals surface area contributed by atoms with Crippen LogP contribution >= 0.6 is 0 Å². The fraction of sp³-hybridized carbons (Fsp3) is 0.143. The van der Waals surface area contributed by atoms with Crippen molar-refractivity contribution in [3.63, 3.8) is 0 Å². The van der Waals surface area contributed by atoms with Crippen LogP contribution in [0.2, 0.25) is 0 Å². The molecule has 0 bridgehead atoms. The van der Waals surface area contributed by atoms with Crippen LogP contribution in [0.4, 0.5) is 0 Å². The average Bonchev–Trinajstić information content (AvgIpc) is 2.60. The van der Waals surface area contributed by atoms with Gasteiger partial charge in [0.25, 0.3) is 0 Å². The summed E-state index contributed by atoms with van der Waals surface area (Å²) in [7, 11) is 0. The second kappa shape index (κ2) is 7.09. The van der Waals surface area contributed by atoms with Crippen molar-refractivity contribution < 1.29 is 4.79 Å². The monoisotopic (exact) mass is 316 g/mol. The van der Waals surface area contributed by atoms with Gasteiger partial charge in [-0.05, 0) is 47.2 Å². The molecule has 3 heteroatoms. The summed E-state index contributed by atoms with van der Waals surface area (Å²) in [5.41, 5.74) is 12.2. The topological polar surface area (TPSA) is 56.0 Å². The Morgan fingerprint density at radius 3 is 2.54 bits per heavy atom. The van der Waals surface area contributed by atoms with Crippen molar-refractivity contribution in [1.82, 2.24) is 4.98 Å². The van der Waals surface area contributed by atoms with E-state index in [1.807, 2.05) is 18.3 Å². The highest BCUT2D eigenvalue weighted by molar-refractivity contribution is 5.77. The maximum absolute atomic E-state index is 11.2. The molecule has 1 amide bonds. The molecule has 2 aromatic carbocycles. The lowest BCUT2D eigenvalue weighted by Gasteiger charge is -2.13. The van der Waals surface area contributed by atoms with E-state index in [9.17, 15) is 4.79 Å². The van der Waals surface area contributed by atoms with Gasteiger partial charge >= 0.3 is 0 Å². The van der Waals surface area contributed by atoms with Gasteiger partial charge in [0.15, 0.2) is 0 Å². The molecule has 0 aliphatic heterocycles. The van der Waals surface area contributed by atoms with Gasteiger partial charge in [0.05, 0.1) is 0 Å². The zero-order valence-electron chi connectivity index (χ0n) is 13.7. The minimum atomic E-state index is -0.281. The number of rotatable bonds is 5. The number of hydrogen-bond donors (Lipinski definition) is 1. The summed E-state index contributed by atoms with van der Waals surface area (Å²) in [5.74, 6) is -0.281. The highest BCUT2D eigenvalue weighted by Crippen LogP contribution is 2.30. The van der Waals surface area contributed by atoms with E-state index < -0.39 is 0 Å². The fourth-order valence-electron chi connectivity index (χ4n) is 2.87. The highest BCUT2D eigenvalue weighted by atomic mass is 16.1. The summed E-state index contributed by atoms with van der Waals surface area (Å²) in [5, 5.41) is 0. The van der Waals surface area contributed by atoms with E-state index in [1.54, 1.807) is 6.20 Å². The molecule has 0 saturated heterocycles. The van der Waals surface area contributed by atoms with Crippen molar-refractivity contribution >= 4 is 5.91 Å². The van der Waals surface area contributed by atoms with Crippen LogP contribution in [-0.2, 0) is 11.2 Å². The van der Waals surface area contributed by atoms with Gasteiger partial charge in [0.1, 0.15) is 0 Å². The highest BCUT2D eigenvalue weighted by Gasteiger charge is 2.09. The summed E-state index contributed by atoms with van der Waals surface area (Å²) in [6.45, 7) is 2.08. The maximum atomic E-state index is 11.2. The summed E-state index contributed by atoms with van der Waals surface area (Å²) in [6, 6.07) is 18.7. The molecule has 3 aromatic rings. The number of pyridine rings is 1. The van der Waals surface area contributed by atoms with Crippen molar-refractivity contribution in [3.05, 3.63) is 78.1 Å². The summed E-state index contributed by atoms with van der Waals surface area (Å²) < 4.78 is 0. The van der Waals surface area contributed by atoms with Crippen molar-refractivity contribution in [2.24, 2.45) is 5.73 Å². The lowest BCUT2D eigenvalue weighted by Crippen LogP contribution is -2.11. The molecule has 3 rings (SSSR count). The first-order chi connectivity index (χ1) is 11.6. The Labute approximate surface area is 142 Å². The third-order valence-electron chi connectivity index (χ3n) is 4.07. The predicted octanol–water partition coefficient (Wildman–Crippen LogP) is 4.14. The number of carbonyl (C=O) groups is 1. The van der Waals surface area contributed by atoms with E-state index in [0.717, 1.165) is 27.8 Å². The first kappa shape index (κ1) is 15.9. The van der Waals surface area contributed by atoms with E-state index in [-0.39, 0.29) is 5.91 Å². The lowest BCUT2D eigenvalue weighted by molar-refractivity contribution is -0.117. The number of aryl methyl sites for hydroxylation is 2. The standard InChI is InChI=1S/C21H20N2O/c1-15-4-2-5-17(12-15)20-9-7-16(19-6-3-11-23-14-19)13-18(20)8-10-21(22)24/h2-7,9,11-14H,8,10H2,1H3,(H2,22,24). The Kier molecular flexibility index (Phi) is 4.71. The molecule has 2 N–H and O–H groups in total. The van der Waals surface area contributed by atoms with Crippen molar-refractivity contribution in [1.29, 1.82) is 0 Å². The zero-order chi connectivity index (χ0) is 16.9.